The molecule has 0 radical (unpaired) electrons. The molecule has 0 aliphatic heterocycles. The molecular weight excluding hydrogens is 140 g/mol. The summed E-state index contributed by atoms with van der Waals surface area (Å²) >= 11 is 0. The minimum absolute atomic E-state index is 0.153. The predicted octanol–water partition coefficient (Wildman–Crippen LogP) is 3.00. The second-order valence-corrected chi connectivity index (χ2v) is 2.79. The Hall–Kier alpha value is -0.340. The highest BCUT2D eigenvalue weighted by Gasteiger charge is 2.10. The summed E-state index contributed by atoms with van der Waals surface area (Å²) in [4.78, 5) is 4.31. The average Bonchev–Trinajstić information content (AvgIpc) is 2.00. The van der Waals surface area contributed by atoms with Crippen molar-refractivity contribution >= 4 is 0 Å². The number of hydrogen-bond acceptors (Lipinski definition) is 2. The molecule has 2 nitrogen and oxygen atoms in total. The van der Waals surface area contributed by atoms with E-state index in [2.05, 4.69) is 25.3 Å². The molecule has 0 aromatic carbocycles. The lowest BCUT2D eigenvalue weighted by Crippen LogP contribution is -2.12. The second kappa shape index (κ2) is 6.38. The standard InChI is InChI=1S/C9H18O2/c1-4-6-8(3)9(11-10)7-5-2/h9-10H,3-7H2,1-2H3. The third kappa shape index (κ3) is 4.17. The van der Waals surface area contributed by atoms with Crippen molar-refractivity contribution in [3.05, 3.63) is 12.2 Å². The summed E-state index contributed by atoms with van der Waals surface area (Å²) in [5.74, 6) is 0. The van der Waals surface area contributed by atoms with E-state index in [-0.39, 0.29) is 6.10 Å². The van der Waals surface area contributed by atoms with E-state index in [1.165, 1.54) is 0 Å². The van der Waals surface area contributed by atoms with Crippen molar-refractivity contribution < 1.29 is 10.1 Å². The first-order valence-electron chi connectivity index (χ1n) is 4.24. The highest BCUT2D eigenvalue weighted by Crippen LogP contribution is 2.14. The highest BCUT2D eigenvalue weighted by molar-refractivity contribution is 5.01. The fourth-order valence-electron chi connectivity index (χ4n) is 1.08. The molecule has 1 N–H and O–H groups in total. The Bertz CT molecular complexity index is 110. The molecule has 0 aliphatic carbocycles. The van der Waals surface area contributed by atoms with E-state index in [1.54, 1.807) is 0 Å². The topological polar surface area (TPSA) is 29.5 Å². The van der Waals surface area contributed by atoms with Crippen molar-refractivity contribution in [1.29, 1.82) is 0 Å². The fraction of sp³-hybridized carbons (Fsp3) is 0.778. The summed E-state index contributed by atoms with van der Waals surface area (Å²) < 4.78 is 0. The van der Waals surface area contributed by atoms with Gasteiger partial charge in [-0.15, -0.1) is 0 Å². The van der Waals surface area contributed by atoms with E-state index < -0.39 is 0 Å². The molecule has 0 heterocycles. The summed E-state index contributed by atoms with van der Waals surface area (Å²) in [6.45, 7) is 8.00. The Kier molecular flexibility index (Phi) is 6.18. The van der Waals surface area contributed by atoms with Crippen molar-refractivity contribution in [2.75, 3.05) is 0 Å². The first kappa shape index (κ1) is 10.7. The maximum absolute atomic E-state index is 8.49. The van der Waals surface area contributed by atoms with Gasteiger partial charge in [-0.3, -0.25) is 5.26 Å². The lowest BCUT2D eigenvalue weighted by Gasteiger charge is -2.14. The van der Waals surface area contributed by atoms with Gasteiger partial charge in [0.25, 0.3) is 0 Å². The lowest BCUT2D eigenvalue weighted by atomic mass is 10.0. The van der Waals surface area contributed by atoms with Crippen LogP contribution in [0.2, 0.25) is 0 Å². The van der Waals surface area contributed by atoms with Crippen LogP contribution in [0.25, 0.3) is 0 Å². The molecule has 2 heteroatoms. The summed E-state index contributed by atoms with van der Waals surface area (Å²) in [7, 11) is 0. The van der Waals surface area contributed by atoms with E-state index >= 15 is 0 Å². The third-order valence-corrected chi connectivity index (χ3v) is 1.70. The van der Waals surface area contributed by atoms with Crippen molar-refractivity contribution in [1.82, 2.24) is 0 Å². The Morgan fingerprint density at radius 2 is 2.09 bits per heavy atom. The molecule has 0 amide bonds. The van der Waals surface area contributed by atoms with Gasteiger partial charge >= 0.3 is 0 Å². The van der Waals surface area contributed by atoms with Crippen LogP contribution in [0.5, 0.6) is 0 Å². The first-order valence-corrected chi connectivity index (χ1v) is 4.24. The zero-order valence-electron chi connectivity index (χ0n) is 7.47. The van der Waals surface area contributed by atoms with E-state index in [1.807, 2.05) is 0 Å². The van der Waals surface area contributed by atoms with E-state index in [0.717, 1.165) is 31.3 Å². The van der Waals surface area contributed by atoms with Gasteiger partial charge < -0.3 is 0 Å². The molecule has 0 spiro atoms. The summed E-state index contributed by atoms with van der Waals surface area (Å²) in [5.41, 5.74) is 0.997. The molecular formula is C9H18O2. The Labute approximate surface area is 68.8 Å². The van der Waals surface area contributed by atoms with Gasteiger partial charge in [-0.1, -0.05) is 33.3 Å². The smallest absolute Gasteiger partial charge is 0.113 e. The van der Waals surface area contributed by atoms with Crippen LogP contribution in [-0.2, 0) is 4.89 Å². The molecule has 0 aliphatic rings. The van der Waals surface area contributed by atoms with Gasteiger partial charge in [-0.2, -0.15) is 0 Å². The van der Waals surface area contributed by atoms with Crippen molar-refractivity contribution in [2.45, 2.75) is 45.6 Å². The van der Waals surface area contributed by atoms with Gasteiger partial charge in [0.2, 0.25) is 0 Å². The number of hydrogen-bond donors (Lipinski definition) is 1. The molecule has 0 rings (SSSR count). The van der Waals surface area contributed by atoms with Crippen LogP contribution in [0.1, 0.15) is 39.5 Å². The quantitative estimate of drug-likeness (QED) is 0.366. The van der Waals surface area contributed by atoms with Crippen LogP contribution in [0.15, 0.2) is 12.2 Å². The molecule has 1 unspecified atom stereocenters. The summed E-state index contributed by atoms with van der Waals surface area (Å²) in [6.07, 6.45) is 3.71. The molecule has 0 aromatic rings. The zero-order valence-corrected chi connectivity index (χ0v) is 7.47. The van der Waals surface area contributed by atoms with Gasteiger partial charge in [0.1, 0.15) is 6.10 Å². The van der Waals surface area contributed by atoms with Crippen LogP contribution in [0.3, 0.4) is 0 Å². The molecule has 1 atom stereocenters. The fourth-order valence-corrected chi connectivity index (χ4v) is 1.08. The summed E-state index contributed by atoms with van der Waals surface area (Å²) in [6, 6.07) is 0. The molecule has 66 valence electrons. The molecule has 0 aromatic heterocycles. The van der Waals surface area contributed by atoms with E-state index in [4.69, 9.17) is 5.26 Å². The summed E-state index contributed by atoms with van der Waals surface area (Å²) in [5, 5.41) is 8.49. The van der Waals surface area contributed by atoms with Crippen LogP contribution in [0.4, 0.5) is 0 Å². The molecule has 0 saturated carbocycles. The Balaban J connectivity index is 3.71. The minimum Gasteiger partial charge on any atom is -0.251 e. The molecule has 11 heavy (non-hydrogen) atoms. The van der Waals surface area contributed by atoms with Crippen LogP contribution in [-0.4, -0.2) is 11.4 Å². The first-order chi connectivity index (χ1) is 5.26. The van der Waals surface area contributed by atoms with Crippen LogP contribution >= 0.6 is 0 Å². The van der Waals surface area contributed by atoms with Crippen LogP contribution in [0, 0.1) is 0 Å². The van der Waals surface area contributed by atoms with E-state index in [0.29, 0.717) is 0 Å². The molecule has 0 fully saturated rings. The monoisotopic (exact) mass is 158 g/mol. The van der Waals surface area contributed by atoms with Gasteiger partial charge in [0.05, 0.1) is 0 Å². The average molecular weight is 158 g/mol. The Morgan fingerprint density at radius 1 is 1.45 bits per heavy atom. The van der Waals surface area contributed by atoms with Crippen molar-refractivity contribution in [3.8, 4) is 0 Å². The van der Waals surface area contributed by atoms with Gasteiger partial charge in [0, 0.05) is 0 Å². The van der Waals surface area contributed by atoms with Gasteiger partial charge in [-0.25, -0.2) is 4.89 Å². The lowest BCUT2D eigenvalue weighted by molar-refractivity contribution is -0.270. The third-order valence-electron chi connectivity index (χ3n) is 1.70. The van der Waals surface area contributed by atoms with Gasteiger partial charge in [0.15, 0.2) is 0 Å². The van der Waals surface area contributed by atoms with Crippen LogP contribution < -0.4 is 0 Å². The maximum atomic E-state index is 8.49. The highest BCUT2D eigenvalue weighted by atomic mass is 17.1. The normalized spacial score (nSPS) is 13.0. The second-order valence-electron chi connectivity index (χ2n) is 2.79. The SMILES string of the molecule is C=C(CCC)C(CCC)OO. The van der Waals surface area contributed by atoms with Crippen molar-refractivity contribution in [3.63, 3.8) is 0 Å². The Morgan fingerprint density at radius 3 is 2.45 bits per heavy atom. The largest absolute Gasteiger partial charge is 0.251 e. The maximum Gasteiger partial charge on any atom is 0.113 e. The minimum atomic E-state index is -0.153. The predicted molar refractivity (Wildman–Crippen MR) is 46.5 cm³/mol. The van der Waals surface area contributed by atoms with Gasteiger partial charge in [-0.05, 0) is 18.4 Å². The molecule has 0 bridgehead atoms. The molecule has 0 saturated heterocycles. The van der Waals surface area contributed by atoms with Crippen molar-refractivity contribution in [2.24, 2.45) is 0 Å². The van der Waals surface area contributed by atoms with E-state index in [9.17, 15) is 0 Å². The zero-order chi connectivity index (χ0) is 8.69. The number of rotatable bonds is 6.